The maximum Gasteiger partial charge on any atom is 0.0429 e. The summed E-state index contributed by atoms with van der Waals surface area (Å²) in [6, 6.07) is 10.5. The van der Waals surface area contributed by atoms with Crippen molar-refractivity contribution in [3.8, 4) is 0 Å². The quantitative estimate of drug-likeness (QED) is 0.675. The Kier molecular flexibility index (Phi) is 5.48. The molecular formula is C14H20N2. The molecule has 0 aromatic heterocycles. The summed E-state index contributed by atoms with van der Waals surface area (Å²) < 4.78 is 0. The van der Waals surface area contributed by atoms with Gasteiger partial charge in [0.2, 0.25) is 0 Å². The third-order valence-corrected chi connectivity index (χ3v) is 2.52. The standard InChI is InChI=1S/C14H20N2/c1-12(15-3)11-13(2)16-10-9-14-7-5-4-6-8-14/h4-8H,9-11H2,1-3H3. The summed E-state index contributed by atoms with van der Waals surface area (Å²) in [7, 11) is 1.83. The second-order valence-corrected chi connectivity index (χ2v) is 3.99. The van der Waals surface area contributed by atoms with Gasteiger partial charge in [0.15, 0.2) is 0 Å². The molecule has 0 aliphatic rings. The zero-order valence-electron chi connectivity index (χ0n) is 10.4. The van der Waals surface area contributed by atoms with E-state index >= 15 is 0 Å². The van der Waals surface area contributed by atoms with Gasteiger partial charge in [0, 0.05) is 31.4 Å². The van der Waals surface area contributed by atoms with Crippen molar-refractivity contribution in [2.24, 2.45) is 9.98 Å². The largest absolute Gasteiger partial charge is 0.297 e. The molecule has 0 radical (unpaired) electrons. The first-order valence-corrected chi connectivity index (χ1v) is 5.68. The van der Waals surface area contributed by atoms with Gasteiger partial charge in [-0.1, -0.05) is 30.3 Å². The van der Waals surface area contributed by atoms with Gasteiger partial charge in [0.1, 0.15) is 0 Å². The van der Waals surface area contributed by atoms with Crippen molar-refractivity contribution >= 4 is 11.4 Å². The second-order valence-electron chi connectivity index (χ2n) is 3.99. The van der Waals surface area contributed by atoms with Crippen LogP contribution < -0.4 is 0 Å². The molecule has 0 N–H and O–H groups in total. The first kappa shape index (κ1) is 12.6. The minimum Gasteiger partial charge on any atom is -0.297 e. The van der Waals surface area contributed by atoms with E-state index in [1.165, 1.54) is 11.3 Å². The molecule has 0 amide bonds. The van der Waals surface area contributed by atoms with Crippen molar-refractivity contribution in [3.05, 3.63) is 35.9 Å². The van der Waals surface area contributed by atoms with Crippen LogP contribution in [0.15, 0.2) is 40.3 Å². The molecule has 0 spiro atoms. The molecule has 0 saturated carbocycles. The highest BCUT2D eigenvalue weighted by Gasteiger charge is 1.95. The van der Waals surface area contributed by atoms with Crippen LogP contribution in [0.5, 0.6) is 0 Å². The molecule has 2 nitrogen and oxygen atoms in total. The molecule has 1 rings (SSSR count). The summed E-state index contributed by atoms with van der Waals surface area (Å²) in [6.45, 7) is 4.97. The number of rotatable bonds is 5. The average molecular weight is 216 g/mol. The Bertz CT molecular complexity index is 364. The molecule has 0 unspecified atom stereocenters. The van der Waals surface area contributed by atoms with Crippen LogP contribution in [0.25, 0.3) is 0 Å². The number of benzene rings is 1. The van der Waals surface area contributed by atoms with E-state index < -0.39 is 0 Å². The second kappa shape index (κ2) is 6.94. The predicted octanol–water partition coefficient (Wildman–Crippen LogP) is 3.17. The summed E-state index contributed by atoms with van der Waals surface area (Å²) in [5, 5.41) is 0. The van der Waals surface area contributed by atoms with Crippen LogP contribution >= 0.6 is 0 Å². The Hall–Kier alpha value is -1.44. The van der Waals surface area contributed by atoms with E-state index in [9.17, 15) is 0 Å². The van der Waals surface area contributed by atoms with Gasteiger partial charge in [-0.2, -0.15) is 0 Å². The topological polar surface area (TPSA) is 24.7 Å². The van der Waals surface area contributed by atoms with Gasteiger partial charge in [-0.15, -0.1) is 0 Å². The smallest absolute Gasteiger partial charge is 0.0429 e. The Morgan fingerprint density at radius 2 is 1.75 bits per heavy atom. The van der Waals surface area contributed by atoms with Crippen LogP contribution in [0.3, 0.4) is 0 Å². The van der Waals surface area contributed by atoms with Gasteiger partial charge in [-0.3, -0.25) is 9.98 Å². The molecule has 0 heterocycles. The van der Waals surface area contributed by atoms with Crippen LogP contribution in [0, 0.1) is 0 Å². The number of hydrogen-bond donors (Lipinski definition) is 0. The van der Waals surface area contributed by atoms with Crippen LogP contribution in [0.2, 0.25) is 0 Å². The molecule has 0 saturated heterocycles. The lowest BCUT2D eigenvalue weighted by Crippen LogP contribution is -2.02. The zero-order valence-corrected chi connectivity index (χ0v) is 10.4. The van der Waals surface area contributed by atoms with Gasteiger partial charge >= 0.3 is 0 Å². The maximum absolute atomic E-state index is 4.54. The summed E-state index contributed by atoms with van der Waals surface area (Å²) in [4.78, 5) is 8.67. The van der Waals surface area contributed by atoms with Gasteiger partial charge in [0.25, 0.3) is 0 Å². The molecule has 0 atom stereocenters. The minimum atomic E-state index is 0.868. The number of aliphatic imine (C=N–C) groups is 2. The zero-order chi connectivity index (χ0) is 11.8. The lowest BCUT2D eigenvalue weighted by Gasteiger charge is -2.01. The Morgan fingerprint density at radius 1 is 1.06 bits per heavy atom. The maximum atomic E-state index is 4.54. The van der Waals surface area contributed by atoms with E-state index in [4.69, 9.17) is 0 Å². The number of hydrogen-bond acceptors (Lipinski definition) is 2. The van der Waals surface area contributed by atoms with Crippen molar-refractivity contribution in [2.45, 2.75) is 26.7 Å². The predicted molar refractivity (Wildman–Crippen MR) is 71.8 cm³/mol. The molecule has 0 aliphatic carbocycles. The first-order valence-electron chi connectivity index (χ1n) is 5.68. The monoisotopic (exact) mass is 216 g/mol. The van der Waals surface area contributed by atoms with Crippen molar-refractivity contribution in [3.63, 3.8) is 0 Å². The SMILES string of the molecule is CN=C(C)CC(C)=NCCc1ccccc1. The summed E-state index contributed by atoms with van der Waals surface area (Å²) in [5.41, 5.74) is 3.65. The molecule has 86 valence electrons. The van der Waals surface area contributed by atoms with Gasteiger partial charge in [0.05, 0.1) is 0 Å². The third-order valence-electron chi connectivity index (χ3n) is 2.52. The van der Waals surface area contributed by atoms with Crippen molar-refractivity contribution in [1.29, 1.82) is 0 Å². The lowest BCUT2D eigenvalue weighted by molar-refractivity contribution is 0.963. The minimum absolute atomic E-state index is 0.868. The molecule has 1 aromatic carbocycles. The van der Waals surface area contributed by atoms with Crippen LogP contribution in [-0.4, -0.2) is 25.0 Å². The molecule has 1 aromatic rings. The highest BCUT2D eigenvalue weighted by Crippen LogP contribution is 2.00. The molecular weight excluding hydrogens is 196 g/mol. The average Bonchev–Trinajstić information content (AvgIpc) is 2.30. The van der Waals surface area contributed by atoms with Gasteiger partial charge in [-0.05, 0) is 25.8 Å². The molecule has 16 heavy (non-hydrogen) atoms. The van der Waals surface area contributed by atoms with E-state index in [0.29, 0.717) is 0 Å². The summed E-state index contributed by atoms with van der Waals surface area (Å²) in [5.74, 6) is 0. The van der Waals surface area contributed by atoms with Gasteiger partial charge < -0.3 is 0 Å². The van der Waals surface area contributed by atoms with E-state index in [0.717, 1.165) is 25.1 Å². The molecule has 0 fully saturated rings. The first-order chi connectivity index (χ1) is 7.72. The van der Waals surface area contributed by atoms with Crippen LogP contribution in [-0.2, 0) is 6.42 Å². The highest BCUT2D eigenvalue weighted by atomic mass is 14.7. The van der Waals surface area contributed by atoms with Crippen molar-refractivity contribution in [1.82, 2.24) is 0 Å². The van der Waals surface area contributed by atoms with Crippen LogP contribution in [0.1, 0.15) is 25.8 Å². The van der Waals surface area contributed by atoms with E-state index in [1.54, 1.807) is 0 Å². The fraction of sp³-hybridized carbons (Fsp3) is 0.429. The normalized spacial score (nSPS) is 12.9. The molecule has 2 heteroatoms. The fourth-order valence-corrected chi connectivity index (χ4v) is 1.53. The fourth-order valence-electron chi connectivity index (χ4n) is 1.53. The van der Waals surface area contributed by atoms with Crippen LogP contribution in [0.4, 0.5) is 0 Å². The third kappa shape index (κ3) is 4.87. The molecule has 0 aliphatic heterocycles. The van der Waals surface area contributed by atoms with E-state index in [2.05, 4.69) is 41.2 Å². The Balaban J connectivity index is 2.37. The summed E-state index contributed by atoms with van der Waals surface area (Å²) in [6.07, 6.45) is 1.91. The highest BCUT2D eigenvalue weighted by molar-refractivity contribution is 6.02. The Morgan fingerprint density at radius 3 is 2.38 bits per heavy atom. The van der Waals surface area contributed by atoms with Gasteiger partial charge in [-0.25, -0.2) is 0 Å². The molecule has 0 bridgehead atoms. The van der Waals surface area contributed by atoms with Crippen molar-refractivity contribution in [2.75, 3.05) is 13.6 Å². The lowest BCUT2D eigenvalue weighted by atomic mass is 10.1. The Labute approximate surface area is 98.1 Å². The van der Waals surface area contributed by atoms with Crippen molar-refractivity contribution < 1.29 is 0 Å². The number of nitrogens with zero attached hydrogens (tertiary/aromatic N) is 2. The summed E-state index contributed by atoms with van der Waals surface area (Å²) >= 11 is 0. The van der Waals surface area contributed by atoms with E-state index in [1.807, 2.05) is 20.0 Å². The van der Waals surface area contributed by atoms with E-state index in [-0.39, 0.29) is 0 Å².